The van der Waals surface area contributed by atoms with Crippen LogP contribution < -0.4 is 0 Å². The second-order valence-electron chi connectivity index (χ2n) is 6.47. The van der Waals surface area contributed by atoms with Crippen LogP contribution in [0, 0.1) is 10.1 Å². The molecule has 26 heavy (non-hydrogen) atoms. The molecule has 2 fully saturated rings. The molecule has 0 saturated carbocycles. The number of ether oxygens (including phenoxy) is 2. The third kappa shape index (κ3) is 3.51. The molecule has 0 N–H and O–H groups in total. The van der Waals surface area contributed by atoms with Crippen LogP contribution in [-0.2, 0) is 25.3 Å². The van der Waals surface area contributed by atoms with Gasteiger partial charge in [-0.3, -0.25) is 14.9 Å². The molecule has 0 radical (unpaired) electrons. The van der Waals surface area contributed by atoms with Crippen LogP contribution in [0.25, 0.3) is 0 Å². The molecule has 8 nitrogen and oxygen atoms in total. The summed E-state index contributed by atoms with van der Waals surface area (Å²) < 4.78 is 25.7. The molecule has 2 unspecified atom stereocenters. The zero-order valence-corrected chi connectivity index (χ0v) is 15.4. The third-order valence-corrected chi connectivity index (χ3v) is 6.72. The molecule has 0 aromatic heterocycles. The molecular weight excluding hydrogens is 360 g/mol. The van der Waals surface area contributed by atoms with Crippen molar-refractivity contribution in [3.05, 3.63) is 34.4 Å². The van der Waals surface area contributed by atoms with Crippen LogP contribution >= 0.6 is 0 Å². The predicted molar refractivity (Wildman–Crippen MR) is 93.8 cm³/mol. The number of nitro groups is 1. The van der Waals surface area contributed by atoms with Gasteiger partial charge in [-0.05, 0) is 44.7 Å². The second-order valence-corrected chi connectivity index (χ2v) is 7.83. The number of hydrogen-bond donors (Lipinski definition) is 0. The molecule has 0 aliphatic carbocycles. The first-order valence-electron chi connectivity index (χ1n) is 8.68. The third-order valence-electron chi connectivity index (χ3n) is 5.04. The van der Waals surface area contributed by atoms with Gasteiger partial charge in [0.1, 0.15) is 17.0 Å². The summed E-state index contributed by atoms with van der Waals surface area (Å²) in [5.74, 6) is -0.369. The first-order chi connectivity index (χ1) is 12.5. The van der Waals surface area contributed by atoms with E-state index < -0.39 is 22.0 Å². The molecule has 2 aliphatic heterocycles. The van der Waals surface area contributed by atoms with Gasteiger partial charge in [0.15, 0.2) is 0 Å². The molecule has 0 bridgehead atoms. The number of esters is 1. The molecule has 2 aliphatic rings. The molecular formula is C17H22N2O6S. The Hall–Kier alpha value is -1.84. The van der Waals surface area contributed by atoms with Gasteiger partial charge in [0, 0.05) is 30.9 Å². The van der Waals surface area contributed by atoms with Gasteiger partial charge in [0.25, 0.3) is 5.69 Å². The Morgan fingerprint density at radius 3 is 2.58 bits per heavy atom. The summed E-state index contributed by atoms with van der Waals surface area (Å²) in [6.07, 6.45) is 2.72. The van der Waals surface area contributed by atoms with Gasteiger partial charge in [-0.1, -0.05) is 0 Å². The maximum Gasteiger partial charge on any atom is 0.324 e. The van der Waals surface area contributed by atoms with E-state index in [1.54, 1.807) is 11.2 Å². The Kier molecular flexibility index (Phi) is 5.69. The summed E-state index contributed by atoms with van der Waals surface area (Å²) in [5, 5.41) is 10.8. The maximum atomic E-state index is 13.3. The Morgan fingerprint density at radius 2 is 2.00 bits per heavy atom. The van der Waals surface area contributed by atoms with Crippen LogP contribution in [-0.4, -0.2) is 50.8 Å². The van der Waals surface area contributed by atoms with E-state index >= 15 is 0 Å². The fourth-order valence-corrected chi connectivity index (χ4v) is 5.37. The van der Waals surface area contributed by atoms with E-state index in [1.165, 1.54) is 24.3 Å². The fraction of sp³-hybridized carbons (Fsp3) is 0.588. The summed E-state index contributed by atoms with van der Waals surface area (Å²) in [5.41, 5.74) is -0.433. The fourth-order valence-electron chi connectivity index (χ4n) is 3.73. The lowest BCUT2D eigenvalue weighted by atomic mass is 9.89. The lowest BCUT2D eigenvalue weighted by molar-refractivity contribution is -0.384. The van der Waals surface area contributed by atoms with Crippen molar-refractivity contribution < 1.29 is 23.4 Å². The number of nitrogens with zero attached hydrogens (tertiary/aromatic N) is 2. The van der Waals surface area contributed by atoms with Gasteiger partial charge in [-0.25, -0.2) is 8.51 Å². The van der Waals surface area contributed by atoms with Crippen molar-refractivity contribution in [3.63, 3.8) is 0 Å². The van der Waals surface area contributed by atoms with Gasteiger partial charge < -0.3 is 9.47 Å². The van der Waals surface area contributed by atoms with Crippen molar-refractivity contribution in [1.29, 1.82) is 0 Å². The number of rotatable bonds is 5. The molecule has 1 aromatic rings. The molecule has 1 aromatic carbocycles. The number of carbonyl (C=O) groups is 1. The highest BCUT2D eigenvalue weighted by atomic mass is 32.2. The first kappa shape index (κ1) is 18.9. The van der Waals surface area contributed by atoms with Crippen LogP contribution in [0.1, 0.15) is 32.6 Å². The molecule has 142 valence electrons. The van der Waals surface area contributed by atoms with Crippen LogP contribution in [0.2, 0.25) is 0 Å². The highest BCUT2D eigenvalue weighted by molar-refractivity contribution is 7.82. The summed E-state index contributed by atoms with van der Waals surface area (Å²) in [4.78, 5) is 23.2. The van der Waals surface area contributed by atoms with Gasteiger partial charge >= 0.3 is 5.97 Å². The standard InChI is InChI=1S/C17H22N2O6S/c1-2-25-16(20)15-7-8-17(9-11-24-12-10-17)18(15)26(23)14-5-3-13(4-6-14)19(21)22/h3-6,15H,2,7-12H2,1H3. The normalized spacial score (nSPS) is 23.7. The minimum absolute atomic E-state index is 0.0603. The van der Waals surface area contributed by atoms with Crippen LogP contribution in [0.15, 0.2) is 29.2 Å². The summed E-state index contributed by atoms with van der Waals surface area (Å²) in [6.45, 7) is 3.13. The molecule has 2 heterocycles. The van der Waals surface area contributed by atoms with E-state index in [-0.39, 0.29) is 23.8 Å². The zero-order valence-electron chi connectivity index (χ0n) is 14.6. The number of benzene rings is 1. The molecule has 3 rings (SSSR count). The SMILES string of the molecule is CCOC(=O)C1CCC2(CCOCC2)N1S(=O)c1ccc([N+](=O)[O-])cc1. The van der Waals surface area contributed by atoms with Crippen molar-refractivity contribution >= 4 is 22.6 Å². The van der Waals surface area contributed by atoms with E-state index in [4.69, 9.17) is 9.47 Å². The Labute approximate surface area is 154 Å². The Bertz CT molecular complexity index is 702. The molecule has 0 amide bonds. The number of non-ortho nitro benzene ring substituents is 1. The quantitative estimate of drug-likeness (QED) is 0.440. The molecule has 9 heteroatoms. The van der Waals surface area contributed by atoms with E-state index in [9.17, 15) is 19.1 Å². The van der Waals surface area contributed by atoms with Crippen LogP contribution in [0.3, 0.4) is 0 Å². The van der Waals surface area contributed by atoms with Gasteiger partial charge in [-0.2, -0.15) is 0 Å². The largest absolute Gasteiger partial charge is 0.465 e. The molecule has 2 saturated heterocycles. The highest BCUT2D eigenvalue weighted by Crippen LogP contribution is 2.44. The maximum absolute atomic E-state index is 13.3. The molecule has 1 spiro atoms. The lowest BCUT2D eigenvalue weighted by Gasteiger charge is -2.41. The molecule has 2 atom stereocenters. The number of carbonyl (C=O) groups excluding carboxylic acids is 1. The number of nitro benzene ring substituents is 1. The Morgan fingerprint density at radius 1 is 1.35 bits per heavy atom. The minimum atomic E-state index is -1.62. The van der Waals surface area contributed by atoms with E-state index in [1.807, 2.05) is 0 Å². The predicted octanol–water partition coefficient (Wildman–Crippen LogP) is 2.19. The average Bonchev–Trinajstić information content (AvgIpc) is 3.00. The van der Waals surface area contributed by atoms with E-state index in [0.29, 0.717) is 37.4 Å². The van der Waals surface area contributed by atoms with Crippen molar-refractivity contribution in [2.45, 2.75) is 49.1 Å². The van der Waals surface area contributed by atoms with Crippen LogP contribution in [0.5, 0.6) is 0 Å². The van der Waals surface area contributed by atoms with Gasteiger partial charge in [-0.15, -0.1) is 0 Å². The second kappa shape index (κ2) is 7.81. The summed E-state index contributed by atoms with van der Waals surface area (Å²) in [6, 6.07) is 5.06. The lowest BCUT2D eigenvalue weighted by Crippen LogP contribution is -2.53. The van der Waals surface area contributed by atoms with Crippen LogP contribution in [0.4, 0.5) is 5.69 Å². The van der Waals surface area contributed by atoms with Crippen molar-refractivity contribution in [3.8, 4) is 0 Å². The zero-order chi connectivity index (χ0) is 18.7. The minimum Gasteiger partial charge on any atom is -0.465 e. The first-order valence-corrected chi connectivity index (χ1v) is 9.79. The van der Waals surface area contributed by atoms with Crippen molar-refractivity contribution in [2.24, 2.45) is 0 Å². The van der Waals surface area contributed by atoms with Gasteiger partial charge in [0.2, 0.25) is 0 Å². The number of hydrogen-bond acceptors (Lipinski definition) is 6. The van der Waals surface area contributed by atoms with Crippen molar-refractivity contribution in [2.75, 3.05) is 19.8 Å². The van der Waals surface area contributed by atoms with E-state index in [0.717, 1.165) is 6.42 Å². The average molecular weight is 382 g/mol. The summed E-state index contributed by atoms with van der Waals surface area (Å²) >= 11 is 0. The summed E-state index contributed by atoms with van der Waals surface area (Å²) in [7, 11) is -1.62. The smallest absolute Gasteiger partial charge is 0.324 e. The Balaban J connectivity index is 1.92. The topological polar surface area (TPSA) is 99.0 Å². The van der Waals surface area contributed by atoms with Gasteiger partial charge in [0.05, 0.1) is 16.4 Å². The monoisotopic (exact) mass is 382 g/mol. The van der Waals surface area contributed by atoms with Crippen molar-refractivity contribution in [1.82, 2.24) is 4.31 Å². The van der Waals surface area contributed by atoms with E-state index in [2.05, 4.69) is 0 Å². The highest BCUT2D eigenvalue weighted by Gasteiger charge is 2.53.